The minimum absolute atomic E-state index is 0.172. The monoisotopic (exact) mass is 449 g/mol. The Morgan fingerprint density at radius 3 is 2.39 bits per heavy atom. The van der Waals surface area contributed by atoms with E-state index in [0.29, 0.717) is 13.2 Å². The van der Waals surface area contributed by atoms with E-state index in [4.69, 9.17) is 9.47 Å². The van der Waals surface area contributed by atoms with Crippen molar-refractivity contribution in [2.75, 3.05) is 57.4 Å². The fourth-order valence-corrected chi connectivity index (χ4v) is 5.51. The van der Waals surface area contributed by atoms with Crippen LogP contribution >= 0.6 is 0 Å². The highest BCUT2D eigenvalue weighted by atomic mass is 16.6. The average Bonchev–Trinajstić information content (AvgIpc) is 3.38. The summed E-state index contributed by atoms with van der Waals surface area (Å²) in [7, 11) is 0. The molecule has 176 valence electrons. The summed E-state index contributed by atoms with van der Waals surface area (Å²) in [5.74, 6) is 1.73. The SMILES string of the molecule is O=C(NCCCN1CCN(c2ccccc2)CC1)C1(c2ccc3c(c2)OCCO3)CCCC1. The molecule has 1 amide bonds. The van der Waals surface area contributed by atoms with Gasteiger partial charge >= 0.3 is 0 Å². The van der Waals surface area contributed by atoms with E-state index in [-0.39, 0.29) is 5.91 Å². The number of para-hydroxylation sites is 1. The fraction of sp³-hybridized carbons (Fsp3) is 0.519. The molecule has 2 aliphatic heterocycles. The van der Waals surface area contributed by atoms with E-state index in [1.165, 1.54) is 5.69 Å². The first-order valence-corrected chi connectivity index (χ1v) is 12.5. The van der Waals surface area contributed by atoms with Crippen LogP contribution in [0.2, 0.25) is 0 Å². The van der Waals surface area contributed by atoms with Gasteiger partial charge < -0.3 is 19.7 Å². The van der Waals surface area contributed by atoms with Gasteiger partial charge in [0.25, 0.3) is 0 Å². The third-order valence-corrected chi connectivity index (χ3v) is 7.42. The van der Waals surface area contributed by atoms with Gasteiger partial charge in [-0.2, -0.15) is 0 Å². The Morgan fingerprint density at radius 1 is 0.909 bits per heavy atom. The summed E-state index contributed by atoms with van der Waals surface area (Å²) in [6.07, 6.45) is 4.97. The molecule has 1 saturated carbocycles. The first-order chi connectivity index (χ1) is 16.2. The average molecular weight is 450 g/mol. The predicted octanol–water partition coefficient (Wildman–Crippen LogP) is 3.60. The maximum atomic E-state index is 13.4. The summed E-state index contributed by atoms with van der Waals surface area (Å²) in [4.78, 5) is 18.3. The molecule has 0 unspecified atom stereocenters. The Kier molecular flexibility index (Phi) is 6.72. The number of amides is 1. The van der Waals surface area contributed by atoms with E-state index >= 15 is 0 Å². The van der Waals surface area contributed by atoms with Crippen molar-refractivity contribution in [1.29, 1.82) is 0 Å². The molecule has 0 bridgehead atoms. The fourth-order valence-electron chi connectivity index (χ4n) is 5.51. The molecule has 2 aromatic carbocycles. The standard InChI is InChI=1S/C27H35N3O3/c31-26(27(11-4-5-12-27)22-9-10-24-25(21-22)33-20-19-32-24)28-13-6-14-29-15-17-30(18-16-29)23-7-2-1-3-8-23/h1-3,7-10,21H,4-6,11-20H2,(H,28,31). The number of piperazine rings is 1. The van der Waals surface area contributed by atoms with E-state index < -0.39 is 5.41 Å². The molecule has 3 aliphatic rings. The minimum atomic E-state index is -0.433. The number of fused-ring (bicyclic) bond motifs is 1. The van der Waals surface area contributed by atoms with Gasteiger partial charge in [0, 0.05) is 38.4 Å². The molecule has 0 atom stereocenters. The summed E-state index contributed by atoms with van der Waals surface area (Å²) < 4.78 is 11.5. The Hall–Kier alpha value is -2.73. The number of carbonyl (C=O) groups is 1. The maximum Gasteiger partial charge on any atom is 0.230 e. The van der Waals surface area contributed by atoms with Crippen LogP contribution in [0.5, 0.6) is 11.5 Å². The predicted molar refractivity (Wildman–Crippen MR) is 130 cm³/mol. The van der Waals surface area contributed by atoms with Crippen molar-refractivity contribution >= 4 is 11.6 Å². The Bertz CT molecular complexity index is 935. The van der Waals surface area contributed by atoms with Crippen LogP contribution in [0.15, 0.2) is 48.5 Å². The van der Waals surface area contributed by atoms with Crippen LogP contribution in [0.25, 0.3) is 0 Å². The number of nitrogens with zero attached hydrogens (tertiary/aromatic N) is 2. The summed E-state index contributed by atoms with van der Waals surface area (Å²) in [6.45, 7) is 7.17. The molecule has 0 radical (unpaired) electrons. The van der Waals surface area contributed by atoms with E-state index in [2.05, 4.69) is 51.5 Å². The van der Waals surface area contributed by atoms with E-state index in [0.717, 1.165) is 88.4 Å². The zero-order chi connectivity index (χ0) is 22.5. The van der Waals surface area contributed by atoms with Crippen LogP contribution in [0, 0.1) is 0 Å². The molecule has 1 aliphatic carbocycles. The first kappa shape index (κ1) is 22.1. The topological polar surface area (TPSA) is 54.0 Å². The lowest BCUT2D eigenvalue weighted by Gasteiger charge is -2.36. The second-order valence-corrected chi connectivity index (χ2v) is 9.42. The van der Waals surface area contributed by atoms with Gasteiger partial charge in [-0.05, 0) is 55.6 Å². The molecular formula is C27H35N3O3. The highest BCUT2D eigenvalue weighted by Crippen LogP contribution is 2.44. The van der Waals surface area contributed by atoms with Gasteiger partial charge in [-0.1, -0.05) is 37.1 Å². The molecule has 6 heteroatoms. The number of hydrogen-bond donors (Lipinski definition) is 1. The van der Waals surface area contributed by atoms with Crippen LogP contribution in [0.4, 0.5) is 5.69 Å². The second-order valence-electron chi connectivity index (χ2n) is 9.42. The third-order valence-electron chi connectivity index (χ3n) is 7.42. The number of ether oxygens (including phenoxy) is 2. The molecule has 1 saturated heterocycles. The molecule has 5 rings (SSSR count). The van der Waals surface area contributed by atoms with Gasteiger partial charge in [0.05, 0.1) is 5.41 Å². The lowest BCUT2D eigenvalue weighted by atomic mass is 9.77. The van der Waals surface area contributed by atoms with Crippen LogP contribution in [0.3, 0.4) is 0 Å². The van der Waals surface area contributed by atoms with Crippen LogP contribution in [-0.4, -0.2) is 63.3 Å². The van der Waals surface area contributed by atoms with Gasteiger partial charge in [0.15, 0.2) is 11.5 Å². The van der Waals surface area contributed by atoms with Gasteiger partial charge in [0.2, 0.25) is 5.91 Å². The maximum absolute atomic E-state index is 13.4. The Balaban J connectivity index is 1.11. The zero-order valence-corrected chi connectivity index (χ0v) is 19.4. The quantitative estimate of drug-likeness (QED) is 0.655. The van der Waals surface area contributed by atoms with Gasteiger partial charge in [0.1, 0.15) is 13.2 Å². The molecule has 0 aromatic heterocycles. The van der Waals surface area contributed by atoms with Crippen molar-refractivity contribution in [2.24, 2.45) is 0 Å². The van der Waals surface area contributed by atoms with E-state index in [1.54, 1.807) is 0 Å². The van der Waals surface area contributed by atoms with Crippen LogP contribution in [0.1, 0.15) is 37.7 Å². The molecule has 0 spiro atoms. The van der Waals surface area contributed by atoms with Gasteiger partial charge in [-0.15, -0.1) is 0 Å². The molecule has 1 N–H and O–H groups in total. The summed E-state index contributed by atoms with van der Waals surface area (Å²) in [5.41, 5.74) is 1.95. The number of carbonyl (C=O) groups excluding carboxylic acids is 1. The highest BCUT2D eigenvalue weighted by Gasteiger charge is 2.43. The highest BCUT2D eigenvalue weighted by molar-refractivity contribution is 5.88. The largest absolute Gasteiger partial charge is 0.486 e. The number of hydrogen-bond acceptors (Lipinski definition) is 5. The van der Waals surface area contributed by atoms with Crippen molar-refractivity contribution in [3.63, 3.8) is 0 Å². The summed E-state index contributed by atoms with van der Waals surface area (Å²) in [6, 6.07) is 16.7. The van der Waals surface area contributed by atoms with Crippen molar-refractivity contribution in [3.05, 3.63) is 54.1 Å². The number of rotatable bonds is 7. The third kappa shape index (κ3) is 4.81. The van der Waals surface area contributed by atoms with Gasteiger partial charge in [-0.25, -0.2) is 0 Å². The molecule has 2 heterocycles. The van der Waals surface area contributed by atoms with E-state index in [9.17, 15) is 4.79 Å². The number of benzene rings is 2. The van der Waals surface area contributed by atoms with Crippen LogP contribution in [-0.2, 0) is 10.2 Å². The molecule has 2 aromatic rings. The van der Waals surface area contributed by atoms with Crippen LogP contribution < -0.4 is 19.7 Å². The Labute approximate surface area is 196 Å². The second kappa shape index (κ2) is 10.0. The molecular weight excluding hydrogens is 414 g/mol. The van der Waals surface area contributed by atoms with E-state index in [1.807, 2.05) is 12.1 Å². The lowest BCUT2D eigenvalue weighted by Crippen LogP contribution is -2.47. The van der Waals surface area contributed by atoms with Crippen molar-refractivity contribution in [3.8, 4) is 11.5 Å². The van der Waals surface area contributed by atoms with Crippen molar-refractivity contribution in [2.45, 2.75) is 37.5 Å². The van der Waals surface area contributed by atoms with Crippen molar-refractivity contribution < 1.29 is 14.3 Å². The lowest BCUT2D eigenvalue weighted by molar-refractivity contribution is -0.126. The van der Waals surface area contributed by atoms with Crippen molar-refractivity contribution in [1.82, 2.24) is 10.2 Å². The minimum Gasteiger partial charge on any atom is -0.486 e. The Morgan fingerprint density at radius 2 is 1.64 bits per heavy atom. The normalized spacial score (nSPS) is 19.9. The molecule has 33 heavy (non-hydrogen) atoms. The first-order valence-electron chi connectivity index (χ1n) is 12.5. The van der Waals surface area contributed by atoms with Gasteiger partial charge in [-0.3, -0.25) is 9.69 Å². The number of anilines is 1. The molecule has 2 fully saturated rings. The molecule has 6 nitrogen and oxygen atoms in total. The number of nitrogens with one attached hydrogen (secondary N) is 1. The smallest absolute Gasteiger partial charge is 0.230 e. The summed E-state index contributed by atoms with van der Waals surface area (Å²) >= 11 is 0. The summed E-state index contributed by atoms with van der Waals surface area (Å²) in [5, 5.41) is 3.27. The zero-order valence-electron chi connectivity index (χ0n) is 19.4.